The standard InChI is InChI=1S/C14H25N3O/c1-10(2)16(5)13-6-7-17(8-13)9-14-11(3)15-18-12(14)4/h10,13H,6-9H2,1-5H3. The Morgan fingerprint density at radius 2 is 2.17 bits per heavy atom. The SMILES string of the molecule is Cc1noc(C)c1CN1CCC(N(C)C(C)C)C1. The summed E-state index contributed by atoms with van der Waals surface area (Å²) in [6.07, 6.45) is 1.26. The van der Waals surface area contributed by atoms with Gasteiger partial charge in [-0.2, -0.15) is 0 Å². The van der Waals surface area contributed by atoms with Gasteiger partial charge in [0.1, 0.15) is 5.76 Å². The van der Waals surface area contributed by atoms with Crippen LogP contribution in [0.3, 0.4) is 0 Å². The summed E-state index contributed by atoms with van der Waals surface area (Å²) in [6.45, 7) is 11.9. The summed E-state index contributed by atoms with van der Waals surface area (Å²) in [4.78, 5) is 4.99. The average molecular weight is 251 g/mol. The fourth-order valence-electron chi connectivity index (χ4n) is 2.66. The van der Waals surface area contributed by atoms with E-state index in [0.717, 1.165) is 24.5 Å². The van der Waals surface area contributed by atoms with E-state index in [1.54, 1.807) is 0 Å². The molecule has 0 bridgehead atoms. The molecule has 1 aromatic rings. The third kappa shape index (κ3) is 2.75. The predicted octanol–water partition coefficient (Wildman–Crippen LogP) is 2.21. The Kier molecular flexibility index (Phi) is 4.07. The minimum Gasteiger partial charge on any atom is -0.361 e. The maximum Gasteiger partial charge on any atom is 0.138 e. The summed E-state index contributed by atoms with van der Waals surface area (Å²) >= 11 is 0. The van der Waals surface area contributed by atoms with Crippen molar-refractivity contribution in [3.05, 3.63) is 17.0 Å². The van der Waals surface area contributed by atoms with Crippen molar-refractivity contribution < 1.29 is 4.52 Å². The minimum atomic E-state index is 0.619. The van der Waals surface area contributed by atoms with Gasteiger partial charge >= 0.3 is 0 Å². The van der Waals surface area contributed by atoms with Crippen LogP contribution in [0.4, 0.5) is 0 Å². The second-order valence-electron chi connectivity index (χ2n) is 5.74. The van der Waals surface area contributed by atoms with Gasteiger partial charge in [-0.05, 0) is 41.2 Å². The maximum atomic E-state index is 5.23. The molecule has 18 heavy (non-hydrogen) atoms. The van der Waals surface area contributed by atoms with Crippen molar-refractivity contribution in [2.45, 2.75) is 52.7 Å². The van der Waals surface area contributed by atoms with Crippen molar-refractivity contribution in [2.75, 3.05) is 20.1 Å². The van der Waals surface area contributed by atoms with Gasteiger partial charge in [0.15, 0.2) is 0 Å². The van der Waals surface area contributed by atoms with Crippen molar-refractivity contribution in [3.8, 4) is 0 Å². The molecule has 1 aromatic heterocycles. The topological polar surface area (TPSA) is 32.5 Å². The Morgan fingerprint density at radius 3 is 2.72 bits per heavy atom. The van der Waals surface area contributed by atoms with Gasteiger partial charge in [0.2, 0.25) is 0 Å². The molecule has 102 valence electrons. The number of hydrogen-bond donors (Lipinski definition) is 0. The second kappa shape index (κ2) is 5.41. The first-order chi connectivity index (χ1) is 8.49. The average Bonchev–Trinajstić information content (AvgIpc) is 2.90. The van der Waals surface area contributed by atoms with Gasteiger partial charge in [0.05, 0.1) is 5.69 Å². The van der Waals surface area contributed by atoms with Crippen LogP contribution in [-0.4, -0.2) is 47.2 Å². The monoisotopic (exact) mass is 251 g/mol. The minimum absolute atomic E-state index is 0.619. The van der Waals surface area contributed by atoms with Crippen LogP contribution in [0.5, 0.6) is 0 Å². The fraction of sp³-hybridized carbons (Fsp3) is 0.786. The molecule has 2 heterocycles. The van der Waals surface area contributed by atoms with Crippen molar-refractivity contribution >= 4 is 0 Å². The number of rotatable bonds is 4. The van der Waals surface area contributed by atoms with Crippen molar-refractivity contribution in [1.82, 2.24) is 15.0 Å². The number of hydrogen-bond acceptors (Lipinski definition) is 4. The Morgan fingerprint density at radius 1 is 1.44 bits per heavy atom. The molecule has 1 saturated heterocycles. The molecular formula is C14H25N3O. The summed E-state index contributed by atoms with van der Waals surface area (Å²) in [5.74, 6) is 0.966. The first-order valence-electron chi connectivity index (χ1n) is 6.85. The lowest BCUT2D eigenvalue weighted by Crippen LogP contribution is -2.38. The normalized spacial score (nSPS) is 21.4. The first kappa shape index (κ1) is 13.6. The highest BCUT2D eigenvalue weighted by atomic mass is 16.5. The molecule has 1 aliphatic rings. The Bertz CT molecular complexity index is 380. The zero-order valence-electron chi connectivity index (χ0n) is 12.2. The van der Waals surface area contributed by atoms with E-state index in [4.69, 9.17) is 4.52 Å². The largest absolute Gasteiger partial charge is 0.361 e. The highest BCUT2D eigenvalue weighted by Gasteiger charge is 2.27. The first-order valence-corrected chi connectivity index (χ1v) is 6.85. The summed E-state index contributed by atoms with van der Waals surface area (Å²) in [5.41, 5.74) is 2.30. The molecule has 1 aliphatic heterocycles. The quantitative estimate of drug-likeness (QED) is 0.821. The maximum absolute atomic E-state index is 5.23. The molecule has 2 rings (SSSR count). The van der Waals surface area contributed by atoms with E-state index in [0.29, 0.717) is 12.1 Å². The lowest BCUT2D eigenvalue weighted by atomic mass is 10.2. The van der Waals surface area contributed by atoms with E-state index < -0.39 is 0 Å². The molecule has 0 aromatic carbocycles. The molecule has 4 heteroatoms. The summed E-state index contributed by atoms with van der Waals surface area (Å²) in [6, 6.07) is 1.31. The summed E-state index contributed by atoms with van der Waals surface area (Å²) < 4.78 is 5.23. The van der Waals surface area contributed by atoms with Crippen LogP contribution in [0, 0.1) is 13.8 Å². The molecule has 4 nitrogen and oxygen atoms in total. The van der Waals surface area contributed by atoms with E-state index in [1.807, 2.05) is 13.8 Å². The molecule has 0 spiro atoms. The molecule has 0 amide bonds. The van der Waals surface area contributed by atoms with E-state index in [9.17, 15) is 0 Å². The van der Waals surface area contributed by atoms with Crippen LogP contribution in [0.25, 0.3) is 0 Å². The van der Waals surface area contributed by atoms with Gasteiger partial charge in [0.25, 0.3) is 0 Å². The summed E-state index contributed by atoms with van der Waals surface area (Å²) in [7, 11) is 2.23. The summed E-state index contributed by atoms with van der Waals surface area (Å²) in [5, 5.41) is 4.03. The van der Waals surface area contributed by atoms with Gasteiger partial charge in [-0.25, -0.2) is 0 Å². The van der Waals surface area contributed by atoms with E-state index in [2.05, 4.69) is 35.9 Å². The molecule has 0 saturated carbocycles. The van der Waals surface area contributed by atoms with Crippen molar-refractivity contribution in [1.29, 1.82) is 0 Å². The van der Waals surface area contributed by atoms with Gasteiger partial charge in [-0.1, -0.05) is 5.16 Å². The lowest BCUT2D eigenvalue weighted by molar-refractivity contribution is 0.190. The van der Waals surface area contributed by atoms with Gasteiger partial charge in [-0.15, -0.1) is 0 Å². The predicted molar refractivity (Wildman–Crippen MR) is 72.6 cm³/mol. The van der Waals surface area contributed by atoms with Crippen molar-refractivity contribution in [3.63, 3.8) is 0 Å². The van der Waals surface area contributed by atoms with E-state index in [1.165, 1.54) is 18.5 Å². The molecule has 0 radical (unpaired) electrons. The van der Waals surface area contributed by atoms with Crippen molar-refractivity contribution in [2.24, 2.45) is 0 Å². The Hall–Kier alpha value is -0.870. The van der Waals surface area contributed by atoms with Gasteiger partial charge < -0.3 is 4.52 Å². The molecule has 0 N–H and O–H groups in total. The number of likely N-dealkylation sites (tertiary alicyclic amines) is 1. The molecule has 0 aliphatic carbocycles. The van der Waals surface area contributed by atoms with E-state index >= 15 is 0 Å². The zero-order valence-corrected chi connectivity index (χ0v) is 12.2. The van der Waals surface area contributed by atoms with Crippen LogP contribution >= 0.6 is 0 Å². The number of nitrogens with zero attached hydrogens (tertiary/aromatic N) is 3. The highest BCUT2D eigenvalue weighted by Crippen LogP contribution is 2.21. The van der Waals surface area contributed by atoms with Gasteiger partial charge in [0, 0.05) is 37.3 Å². The van der Waals surface area contributed by atoms with Crippen LogP contribution in [0.2, 0.25) is 0 Å². The zero-order chi connectivity index (χ0) is 13.3. The van der Waals surface area contributed by atoms with Crippen LogP contribution in [-0.2, 0) is 6.54 Å². The lowest BCUT2D eigenvalue weighted by Gasteiger charge is -2.28. The molecule has 1 fully saturated rings. The fourth-order valence-corrected chi connectivity index (χ4v) is 2.66. The Balaban J connectivity index is 1.94. The number of aryl methyl sites for hydroxylation is 2. The number of likely N-dealkylation sites (N-methyl/N-ethyl adjacent to an activating group) is 1. The van der Waals surface area contributed by atoms with E-state index in [-0.39, 0.29) is 0 Å². The molecule has 1 unspecified atom stereocenters. The second-order valence-corrected chi connectivity index (χ2v) is 5.74. The van der Waals surface area contributed by atoms with Crippen LogP contribution in [0.1, 0.15) is 37.3 Å². The van der Waals surface area contributed by atoms with Gasteiger partial charge in [-0.3, -0.25) is 9.80 Å². The third-order valence-corrected chi connectivity index (χ3v) is 4.20. The highest BCUT2D eigenvalue weighted by molar-refractivity contribution is 5.20. The van der Waals surface area contributed by atoms with Crippen LogP contribution < -0.4 is 0 Å². The Labute approximate surface area is 110 Å². The molecular weight excluding hydrogens is 226 g/mol. The van der Waals surface area contributed by atoms with Crippen LogP contribution in [0.15, 0.2) is 4.52 Å². The smallest absolute Gasteiger partial charge is 0.138 e. The molecule has 1 atom stereocenters. The number of aromatic nitrogens is 1. The third-order valence-electron chi connectivity index (χ3n) is 4.20.